The van der Waals surface area contributed by atoms with Gasteiger partial charge in [-0.2, -0.15) is 0 Å². The van der Waals surface area contributed by atoms with Crippen LogP contribution in [-0.4, -0.2) is 25.3 Å². The Labute approximate surface area is 92.5 Å². The smallest absolute Gasteiger partial charge is 0.330 e. The van der Waals surface area contributed by atoms with Crippen LogP contribution >= 0.6 is 0 Å². The summed E-state index contributed by atoms with van der Waals surface area (Å²) in [5, 5.41) is 0. The van der Waals surface area contributed by atoms with Crippen molar-refractivity contribution in [2.45, 2.75) is 40.2 Å². The van der Waals surface area contributed by atoms with Gasteiger partial charge in [0.2, 0.25) is 0 Å². The van der Waals surface area contributed by atoms with Crippen LogP contribution in [0.4, 0.5) is 0 Å². The highest BCUT2D eigenvalue weighted by Gasteiger charge is 2.11. The maximum Gasteiger partial charge on any atom is 0.330 e. The Bertz CT molecular complexity index is 203. The largest absolute Gasteiger partial charge is 0.457 e. The predicted molar refractivity (Wildman–Crippen MR) is 60.6 cm³/mol. The van der Waals surface area contributed by atoms with E-state index in [-0.39, 0.29) is 11.5 Å². The van der Waals surface area contributed by atoms with Crippen molar-refractivity contribution in [1.82, 2.24) is 0 Å². The van der Waals surface area contributed by atoms with Crippen molar-refractivity contribution in [2.75, 3.05) is 13.2 Å². The molecule has 3 heteroatoms. The minimum absolute atomic E-state index is 0.213. The summed E-state index contributed by atoms with van der Waals surface area (Å²) in [6.45, 7) is 12.8. The molecule has 0 aromatic carbocycles. The Morgan fingerprint density at radius 3 is 2.53 bits per heavy atom. The van der Waals surface area contributed by atoms with E-state index < -0.39 is 5.97 Å². The van der Waals surface area contributed by atoms with E-state index in [1.807, 2.05) is 0 Å². The molecular weight excluding hydrogens is 192 g/mol. The molecule has 1 unspecified atom stereocenters. The molecule has 0 saturated heterocycles. The topological polar surface area (TPSA) is 35.5 Å². The average molecular weight is 214 g/mol. The lowest BCUT2D eigenvalue weighted by atomic mass is 9.93. The molecule has 0 aromatic heterocycles. The zero-order valence-corrected chi connectivity index (χ0v) is 10.2. The highest BCUT2D eigenvalue weighted by Crippen LogP contribution is 2.17. The fraction of sp³-hybridized carbons (Fsp3) is 0.750. The molecule has 0 aromatic rings. The minimum atomic E-state index is -0.401. The summed E-state index contributed by atoms with van der Waals surface area (Å²) in [6.07, 6.45) is 1.94. The number of carbonyl (C=O) groups excluding carboxylic acids is 1. The van der Waals surface area contributed by atoms with Crippen LogP contribution in [0.15, 0.2) is 12.7 Å². The monoisotopic (exact) mass is 214 g/mol. The standard InChI is InChI=1S/C12H22O3/c1-6-11(13)15-10(2)9-14-8-7-12(3,4)5/h6,10H,1,7-9H2,2-5H3. The van der Waals surface area contributed by atoms with Crippen LogP contribution < -0.4 is 0 Å². The molecule has 0 aliphatic rings. The van der Waals surface area contributed by atoms with E-state index in [0.29, 0.717) is 13.2 Å². The Kier molecular flexibility index (Phi) is 6.25. The van der Waals surface area contributed by atoms with Gasteiger partial charge in [-0.15, -0.1) is 0 Å². The van der Waals surface area contributed by atoms with Gasteiger partial charge in [-0.1, -0.05) is 27.4 Å². The highest BCUT2D eigenvalue weighted by atomic mass is 16.6. The Balaban J connectivity index is 3.51. The summed E-state index contributed by atoms with van der Waals surface area (Å²) in [4.78, 5) is 10.8. The van der Waals surface area contributed by atoms with Crippen molar-refractivity contribution in [1.29, 1.82) is 0 Å². The van der Waals surface area contributed by atoms with Gasteiger partial charge < -0.3 is 9.47 Å². The second-order valence-electron chi connectivity index (χ2n) is 4.84. The summed E-state index contributed by atoms with van der Waals surface area (Å²) in [7, 11) is 0. The van der Waals surface area contributed by atoms with Gasteiger partial charge in [-0.3, -0.25) is 0 Å². The maximum atomic E-state index is 10.8. The first-order valence-corrected chi connectivity index (χ1v) is 5.26. The molecular formula is C12H22O3. The number of carbonyl (C=O) groups is 1. The van der Waals surface area contributed by atoms with E-state index in [2.05, 4.69) is 27.4 Å². The Morgan fingerprint density at radius 1 is 1.47 bits per heavy atom. The molecule has 0 aliphatic carbocycles. The lowest BCUT2D eigenvalue weighted by Gasteiger charge is -2.18. The van der Waals surface area contributed by atoms with Crippen LogP contribution in [0.25, 0.3) is 0 Å². The van der Waals surface area contributed by atoms with E-state index in [1.54, 1.807) is 6.92 Å². The SMILES string of the molecule is C=CC(=O)OC(C)COCCC(C)(C)C. The second kappa shape index (κ2) is 6.62. The van der Waals surface area contributed by atoms with Crippen LogP contribution in [0.1, 0.15) is 34.1 Å². The molecule has 1 atom stereocenters. The van der Waals surface area contributed by atoms with Gasteiger partial charge in [0, 0.05) is 12.7 Å². The molecule has 0 spiro atoms. The maximum absolute atomic E-state index is 10.8. The molecule has 0 radical (unpaired) electrons. The quantitative estimate of drug-likeness (QED) is 0.387. The van der Waals surface area contributed by atoms with E-state index in [9.17, 15) is 4.79 Å². The van der Waals surface area contributed by atoms with Gasteiger partial charge in [0.25, 0.3) is 0 Å². The molecule has 0 fully saturated rings. The van der Waals surface area contributed by atoms with Gasteiger partial charge in [-0.25, -0.2) is 4.79 Å². The third kappa shape index (κ3) is 9.47. The van der Waals surface area contributed by atoms with E-state index in [0.717, 1.165) is 12.5 Å². The number of hydrogen-bond donors (Lipinski definition) is 0. The molecule has 0 heterocycles. The van der Waals surface area contributed by atoms with Crippen LogP contribution in [0.2, 0.25) is 0 Å². The Morgan fingerprint density at radius 2 is 2.07 bits per heavy atom. The fourth-order valence-corrected chi connectivity index (χ4v) is 0.908. The summed E-state index contributed by atoms with van der Waals surface area (Å²) in [5.41, 5.74) is 0.279. The molecule has 0 bridgehead atoms. The van der Waals surface area contributed by atoms with Gasteiger partial charge in [0.15, 0.2) is 0 Å². The van der Waals surface area contributed by atoms with Crippen molar-refractivity contribution >= 4 is 5.97 Å². The lowest BCUT2D eigenvalue weighted by Crippen LogP contribution is -2.20. The Hall–Kier alpha value is -0.830. The number of hydrogen-bond acceptors (Lipinski definition) is 3. The van der Waals surface area contributed by atoms with Crippen molar-refractivity contribution in [3.8, 4) is 0 Å². The van der Waals surface area contributed by atoms with E-state index in [1.165, 1.54) is 0 Å². The molecule has 0 saturated carbocycles. The zero-order chi connectivity index (χ0) is 11.9. The molecule has 0 rings (SSSR count). The first-order valence-electron chi connectivity index (χ1n) is 5.26. The van der Waals surface area contributed by atoms with Crippen molar-refractivity contribution in [2.24, 2.45) is 5.41 Å². The van der Waals surface area contributed by atoms with Crippen LogP contribution in [0.5, 0.6) is 0 Å². The van der Waals surface area contributed by atoms with Crippen molar-refractivity contribution < 1.29 is 14.3 Å². The minimum Gasteiger partial charge on any atom is -0.457 e. The van der Waals surface area contributed by atoms with Gasteiger partial charge in [-0.05, 0) is 18.8 Å². The second-order valence-corrected chi connectivity index (χ2v) is 4.84. The number of rotatable bonds is 6. The molecule has 0 N–H and O–H groups in total. The first-order chi connectivity index (χ1) is 6.85. The summed E-state index contributed by atoms with van der Waals surface area (Å²) < 4.78 is 10.4. The lowest BCUT2D eigenvalue weighted by molar-refractivity contribution is -0.145. The van der Waals surface area contributed by atoms with Crippen LogP contribution in [0.3, 0.4) is 0 Å². The molecule has 88 valence electrons. The van der Waals surface area contributed by atoms with Gasteiger partial charge in [0.05, 0.1) is 6.61 Å². The van der Waals surface area contributed by atoms with Crippen LogP contribution in [0, 0.1) is 5.41 Å². The van der Waals surface area contributed by atoms with Crippen molar-refractivity contribution in [3.05, 3.63) is 12.7 Å². The summed E-state index contributed by atoms with van der Waals surface area (Å²) in [5.74, 6) is -0.401. The van der Waals surface area contributed by atoms with Crippen LogP contribution in [-0.2, 0) is 14.3 Å². The summed E-state index contributed by atoms with van der Waals surface area (Å²) in [6, 6.07) is 0. The van der Waals surface area contributed by atoms with Crippen molar-refractivity contribution in [3.63, 3.8) is 0 Å². The van der Waals surface area contributed by atoms with E-state index >= 15 is 0 Å². The first kappa shape index (κ1) is 14.2. The van der Waals surface area contributed by atoms with Gasteiger partial charge >= 0.3 is 5.97 Å². The molecule has 0 aliphatic heterocycles. The highest BCUT2D eigenvalue weighted by molar-refractivity contribution is 5.81. The predicted octanol–water partition coefficient (Wildman–Crippen LogP) is 2.56. The fourth-order valence-electron chi connectivity index (χ4n) is 0.908. The summed E-state index contributed by atoms with van der Waals surface area (Å²) >= 11 is 0. The molecule has 0 amide bonds. The normalized spacial score (nSPS) is 13.3. The average Bonchev–Trinajstić information content (AvgIpc) is 2.11. The zero-order valence-electron chi connectivity index (χ0n) is 10.2. The number of ether oxygens (including phenoxy) is 2. The third-order valence-electron chi connectivity index (χ3n) is 1.83. The molecule has 3 nitrogen and oxygen atoms in total. The number of esters is 1. The molecule has 15 heavy (non-hydrogen) atoms. The third-order valence-corrected chi connectivity index (χ3v) is 1.83. The van der Waals surface area contributed by atoms with Gasteiger partial charge in [0.1, 0.15) is 6.10 Å². The van der Waals surface area contributed by atoms with E-state index in [4.69, 9.17) is 9.47 Å².